The lowest BCUT2D eigenvalue weighted by Crippen LogP contribution is -2.62. The molecule has 3 saturated heterocycles. The van der Waals surface area contributed by atoms with Crippen LogP contribution >= 0.6 is 0 Å². The molecule has 0 bridgehead atoms. The number of hydrogen-bond donors (Lipinski definition) is 0. The summed E-state index contributed by atoms with van der Waals surface area (Å²) in [4.78, 5) is 15.1. The molecule has 3 aliphatic rings. The average molecular weight is 395 g/mol. The smallest absolute Gasteiger partial charge is 0.413 e. The number of hydrogen-bond acceptors (Lipinski definition) is 5. The number of carbonyl (C=O) groups excluding carboxylic acids is 1. The summed E-state index contributed by atoms with van der Waals surface area (Å²) in [6.07, 6.45) is 2.34. The molecule has 0 unspecified atom stereocenters. The van der Waals surface area contributed by atoms with Crippen LogP contribution in [0.3, 0.4) is 0 Å². The summed E-state index contributed by atoms with van der Waals surface area (Å²) in [5.41, 5.74) is 1.52. The Morgan fingerprint density at radius 1 is 0.966 bits per heavy atom. The van der Waals surface area contributed by atoms with E-state index in [1.807, 2.05) is 41.3 Å². The van der Waals surface area contributed by atoms with Crippen molar-refractivity contribution < 1.29 is 23.7 Å². The van der Waals surface area contributed by atoms with Crippen LogP contribution in [0.25, 0.3) is 0 Å². The summed E-state index contributed by atoms with van der Waals surface area (Å²) in [6, 6.07) is 15.7. The zero-order chi connectivity index (χ0) is 20.1. The molecule has 29 heavy (non-hydrogen) atoms. The second-order valence-corrected chi connectivity index (χ2v) is 7.86. The fraction of sp³-hybridized carbons (Fsp3) is 0.435. The van der Waals surface area contributed by atoms with Crippen LogP contribution in [-0.2, 0) is 20.8 Å². The molecule has 3 heterocycles. The van der Waals surface area contributed by atoms with Crippen LogP contribution in [0.4, 0.5) is 4.79 Å². The maximum Gasteiger partial charge on any atom is 0.413 e. The fourth-order valence-electron chi connectivity index (χ4n) is 5.46. The van der Waals surface area contributed by atoms with Crippen molar-refractivity contribution in [1.29, 1.82) is 0 Å². The van der Waals surface area contributed by atoms with Gasteiger partial charge in [-0.15, -0.1) is 0 Å². The van der Waals surface area contributed by atoms with E-state index in [2.05, 4.69) is 12.1 Å². The zero-order valence-corrected chi connectivity index (χ0v) is 16.7. The number of benzene rings is 2. The normalized spacial score (nSPS) is 30.5. The summed E-state index contributed by atoms with van der Waals surface area (Å²) in [5, 5.41) is 0. The van der Waals surface area contributed by atoms with Gasteiger partial charge in [0, 0.05) is 12.1 Å². The van der Waals surface area contributed by atoms with Gasteiger partial charge in [-0.05, 0) is 61.2 Å². The van der Waals surface area contributed by atoms with E-state index >= 15 is 0 Å². The Kier molecular flexibility index (Phi) is 4.21. The molecule has 3 atom stereocenters. The van der Waals surface area contributed by atoms with Gasteiger partial charge in [-0.3, -0.25) is 4.90 Å². The third-order valence-electron chi connectivity index (χ3n) is 6.72. The van der Waals surface area contributed by atoms with Crippen molar-refractivity contribution >= 4 is 6.09 Å². The zero-order valence-electron chi connectivity index (χ0n) is 16.7. The molecule has 0 saturated carbocycles. The Bertz CT molecular complexity index is 912. The first-order valence-electron chi connectivity index (χ1n) is 10.1. The van der Waals surface area contributed by atoms with Crippen molar-refractivity contribution in [3.63, 3.8) is 0 Å². The van der Waals surface area contributed by atoms with E-state index < -0.39 is 11.3 Å². The van der Waals surface area contributed by atoms with Crippen LogP contribution in [0.2, 0.25) is 0 Å². The number of carbonyl (C=O) groups is 1. The minimum atomic E-state index is -1.08. The standard InChI is InChI=1S/C23H25NO5/c1-26-18-8-4-16(5-9-18)22-13-3-14-24(22)21(25)29-23(20(22)12-15-28-23)17-6-10-19(27-2)11-7-17/h4-11,20H,3,12-15H2,1-2H3/t20-,22-,23+/m1/s1. The van der Waals surface area contributed by atoms with Gasteiger partial charge in [-0.25, -0.2) is 4.79 Å². The molecule has 0 spiro atoms. The monoisotopic (exact) mass is 395 g/mol. The Morgan fingerprint density at radius 2 is 1.59 bits per heavy atom. The van der Waals surface area contributed by atoms with E-state index in [0.717, 1.165) is 41.9 Å². The Labute approximate surface area is 170 Å². The summed E-state index contributed by atoms with van der Waals surface area (Å²) in [5.74, 6) is 0.479. The van der Waals surface area contributed by atoms with Gasteiger partial charge in [0.25, 0.3) is 0 Å². The quantitative estimate of drug-likeness (QED) is 0.782. The van der Waals surface area contributed by atoms with E-state index in [0.29, 0.717) is 13.2 Å². The molecule has 1 amide bonds. The van der Waals surface area contributed by atoms with Crippen LogP contribution < -0.4 is 9.47 Å². The second-order valence-electron chi connectivity index (χ2n) is 7.86. The number of methoxy groups -OCH3 is 2. The van der Waals surface area contributed by atoms with Crippen molar-refractivity contribution in [1.82, 2.24) is 4.90 Å². The van der Waals surface area contributed by atoms with Gasteiger partial charge >= 0.3 is 6.09 Å². The second kappa shape index (κ2) is 6.66. The largest absolute Gasteiger partial charge is 0.497 e. The average Bonchev–Trinajstić information content (AvgIpc) is 3.40. The van der Waals surface area contributed by atoms with Crippen LogP contribution in [0.5, 0.6) is 11.5 Å². The maximum absolute atomic E-state index is 13.2. The van der Waals surface area contributed by atoms with Gasteiger partial charge in [0.1, 0.15) is 11.5 Å². The maximum atomic E-state index is 13.2. The van der Waals surface area contributed by atoms with Crippen LogP contribution in [-0.4, -0.2) is 38.4 Å². The molecule has 0 aliphatic carbocycles. The molecule has 3 aliphatic heterocycles. The van der Waals surface area contributed by atoms with Crippen molar-refractivity contribution in [3.8, 4) is 11.5 Å². The Morgan fingerprint density at radius 3 is 2.21 bits per heavy atom. The molecule has 5 rings (SSSR count). The van der Waals surface area contributed by atoms with Crippen LogP contribution in [0.1, 0.15) is 30.4 Å². The lowest BCUT2D eigenvalue weighted by Gasteiger charge is -2.53. The predicted octanol–water partition coefficient (Wildman–Crippen LogP) is 4.03. The highest BCUT2D eigenvalue weighted by atomic mass is 16.7. The lowest BCUT2D eigenvalue weighted by molar-refractivity contribution is -0.254. The van der Waals surface area contributed by atoms with Gasteiger partial charge in [0.2, 0.25) is 5.79 Å². The van der Waals surface area contributed by atoms with Gasteiger partial charge < -0.3 is 18.9 Å². The topological polar surface area (TPSA) is 57.2 Å². The molecule has 3 fully saturated rings. The van der Waals surface area contributed by atoms with Crippen molar-refractivity contribution in [2.75, 3.05) is 27.4 Å². The first-order chi connectivity index (χ1) is 14.1. The Balaban J connectivity index is 1.65. The molecular weight excluding hydrogens is 370 g/mol. The molecule has 6 nitrogen and oxygen atoms in total. The molecule has 0 radical (unpaired) electrons. The van der Waals surface area contributed by atoms with E-state index in [4.69, 9.17) is 18.9 Å². The first-order valence-corrected chi connectivity index (χ1v) is 10.1. The van der Waals surface area contributed by atoms with Gasteiger partial charge in [0.15, 0.2) is 0 Å². The first kappa shape index (κ1) is 18.3. The van der Waals surface area contributed by atoms with Gasteiger partial charge in [-0.2, -0.15) is 0 Å². The SMILES string of the molecule is COc1ccc([C@@]23OCC[C@@H]2[C@]2(c4ccc(OC)cc4)CCCN2C(=O)O3)cc1. The van der Waals surface area contributed by atoms with E-state index in [1.54, 1.807) is 14.2 Å². The van der Waals surface area contributed by atoms with Crippen molar-refractivity contribution in [3.05, 3.63) is 59.7 Å². The number of nitrogens with zero attached hydrogens (tertiary/aromatic N) is 1. The van der Waals surface area contributed by atoms with E-state index in [1.165, 1.54) is 0 Å². The third kappa shape index (κ3) is 2.48. The third-order valence-corrected chi connectivity index (χ3v) is 6.72. The fourth-order valence-corrected chi connectivity index (χ4v) is 5.46. The van der Waals surface area contributed by atoms with Crippen LogP contribution in [0.15, 0.2) is 48.5 Å². The summed E-state index contributed by atoms with van der Waals surface area (Å²) in [7, 11) is 3.30. The molecule has 0 N–H and O–H groups in total. The highest BCUT2D eigenvalue weighted by molar-refractivity contribution is 5.72. The predicted molar refractivity (Wildman–Crippen MR) is 106 cm³/mol. The number of fused-ring (bicyclic) bond motifs is 3. The molecule has 152 valence electrons. The summed E-state index contributed by atoms with van der Waals surface area (Å²) in [6.45, 7) is 1.25. The van der Waals surface area contributed by atoms with Crippen molar-refractivity contribution in [2.45, 2.75) is 30.6 Å². The minimum Gasteiger partial charge on any atom is -0.497 e. The Hall–Kier alpha value is -2.73. The molecule has 0 aromatic heterocycles. The minimum absolute atomic E-state index is 0.00279. The molecular formula is C23H25NO5. The van der Waals surface area contributed by atoms with E-state index in [-0.39, 0.29) is 12.0 Å². The van der Waals surface area contributed by atoms with Crippen molar-refractivity contribution in [2.24, 2.45) is 5.92 Å². The molecule has 6 heteroatoms. The van der Waals surface area contributed by atoms with Gasteiger partial charge in [0.05, 0.1) is 32.3 Å². The van der Waals surface area contributed by atoms with Crippen LogP contribution in [0, 0.1) is 5.92 Å². The number of rotatable bonds is 4. The van der Waals surface area contributed by atoms with Gasteiger partial charge in [-0.1, -0.05) is 12.1 Å². The summed E-state index contributed by atoms with van der Waals surface area (Å²) >= 11 is 0. The number of amides is 1. The highest BCUT2D eigenvalue weighted by Gasteiger charge is 2.67. The lowest BCUT2D eigenvalue weighted by atomic mass is 9.69. The van der Waals surface area contributed by atoms with E-state index in [9.17, 15) is 4.79 Å². The molecule has 2 aromatic carbocycles. The molecule has 2 aromatic rings. The summed E-state index contributed by atoms with van der Waals surface area (Å²) < 4.78 is 22.9. The number of ether oxygens (including phenoxy) is 4. The highest BCUT2D eigenvalue weighted by Crippen LogP contribution is 2.60.